The van der Waals surface area contributed by atoms with Gasteiger partial charge in [-0.25, -0.2) is 0 Å². The van der Waals surface area contributed by atoms with Crippen LogP contribution in [0, 0.1) is 17.3 Å². The van der Waals surface area contributed by atoms with Crippen molar-refractivity contribution in [3.63, 3.8) is 0 Å². The molecule has 0 bridgehead atoms. The summed E-state index contributed by atoms with van der Waals surface area (Å²) in [4.78, 5) is 0. The van der Waals surface area contributed by atoms with Crippen molar-refractivity contribution in [1.82, 2.24) is 0 Å². The molecule has 0 amide bonds. The van der Waals surface area contributed by atoms with Gasteiger partial charge < -0.3 is 4.43 Å². The number of rotatable bonds is 4. The Bertz CT molecular complexity index is 273. The van der Waals surface area contributed by atoms with Gasteiger partial charge in [0.15, 0.2) is 8.32 Å². The second-order valence-corrected chi connectivity index (χ2v) is 11.4. The second-order valence-electron chi connectivity index (χ2n) is 6.62. The molecule has 0 rings (SSSR count). The highest BCUT2D eigenvalue weighted by molar-refractivity contribution is 6.74. The Morgan fingerprint density at radius 2 is 1.56 bits per heavy atom. The zero-order valence-corrected chi connectivity index (χ0v) is 13.3. The average Bonchev–Trinajstić information content (AvgIpc) is 2.00. The van der Waals surface area contributed by atoms with Crippen LogP contribution in [0.4, 0.5) is 0 Å². The van der Waals surface area contributed by atoms with E-state index < -0.39 is 8.32 Å². The second kappa shape index (κ2) is 5.38. The maximum Gasteiger partial charge on any atom is 0.191 e. The van der Waals surface area contributed by atoms with E-state index >= 15 is 0 Å². The van der Waals surface area contributed by atoms with E-state index in [0.29, 0.717) is 5.04 Å². The fourth-order valence-electron chi connectivity index (χ4n) is 1.18. The molecule has 0 heterocycles. The van der Waals surface area contributed by atoms with Gasteiger partial charge in [0.2, 0.25) is 0 Å². The van der Waals surface area contributed by atoms with E-state index in [1.165, 1.54) is 0 Å². The van der Waals surface area contributed by atoms with Crippen LogP contribution in [-0.4, -0.2) is 14.9 Å². The monoisotopic (exact) mass is 240 g/mol. The Labute approximate surface area is 103 Å². The minimum atomic E-state index is -1.58. The summed E-state index contributed by atoms with van der Waals surface area (Å²) in [5.41, 5.74) is 0.0805. The summed E-state index contributed by atoms with van der Waals surface area (Å²) in [6.45, 7) is 18.5. The molecule has 0 aromatic carbocycles. The van der Waals surface area contributed by atoms with Crippen LogP contribution in [-0.2, 0) is 4.43 Å². The van der Waals surface area contributed by atoms with E-state index in [9.17, 15) is 0 Å². The van der Waals surface area contributed by atoms with Crippen LogP contribution < -0.4 is 0 Å². The Morgan fingerprint density at radius 1 is 1.06 bits per heavy atom. The molecule has 0 N–H and O–H groups in total. The van der Waals surface area contributed by atoms with Gasteiger partial charge in [0, 0.05) is 12.0 Å². The molecular formula is C14H28OSi. The molecule has 0 spiro atoms. The summed E-state index contributed by atoms with van der Waals surface area (Å²) in [5, 5.41) is 0.299. The predicted molar refractivity (Wildman–Crippen MR) is 75.0 cm³/mol. The van der Waals surface area contributed by atoms with Gasteiger partial charge in [0.05, 0.1) is 0 Å². The van der Waals surface area contributed by atoms with Crippen molar-refractivity contribution in [2.75, 3.05) is 6.61 Å². The van der Waals surface area contributed by atoms with Gasteiger partial charge >= 0.3 is 0 Å². The lowest BCUT2D eigenvalue weighted by Gasteiger charge is -2.36. The van der Waals surface area contributed by atoms with Gasteiger partial charge in [-0.1, -0.05) is 26.7 Å². The maximum absolute atomic E-state index is 6.15. The van der Waals surface area contributed by atoms with E-state index in [1.807, 2.05) is 6.92 Å². The third-order valence-corrected chi connectivity index (χ3v) is 8.00. The first-order valence-electron chi connectivity index (χ1n) is 6.10. The number of hydrogen-bond donors (Lipinski definition) is 0. The summed E-state index contributed by atoms with van der Waals surface area (Å²) in [7, 11) is -1.58. The first-order valence-corrected chi connectivity index (χ1v) is 9.00. The summed E-state index contributed by atoms with van der Waals surface area (Å²) < 4.78 is 6.15. The molecule has 0 saturated heterocycles. The number of hydrogen-bond acceptors (Lipinski definition) is 1. The van der Waals surface area contributed by atoms with Crippen LogP contribution in [0.1, 0.15) is 48.0 Å². The van der Waals surface area contributed by atoms with Crippen molar-refractivity contribution >= 4 is 8.32 Å². The molecular weight excluding hydrogens is 212 g/mol. The van der Waals surface area contributed by atoms with E-state index in [4.69, 9.17) is 4.43 Å². The lowest BCUT2D eigenvalue weighted by atomic mass is 9.91. The van der Waals surface area contributed by atoms with Crippen molar-refractivity contribution < 1.29 is 4.43 Å². The molecule has 0 aromatic heterocycles. The molecule has 0 aliphatic heterocycles. The molecule has 0 aliphatic carbocycles. The summed E-state index contributed by atoms with van der Waals surface area (Å²) in [6.07, 6.45) is 1.01. The molecule has 0 aliphatic rings. The van der Waals surface area contributed by atoms with Crippen LogP contribution in [0.15, 0.2) is 0 Å². The molecule has 2 heteroatoms. The molecule has 0 radical (unpaired) electrons. The van der Waals surface area contributed by atoms with Crippen molar-refractivity contribution in [3.8, 4) is 11.8 Å². The molecule has 0 aromatic rings. The van der Waals surface area contributed by atoms with Gasteiger partial charge in [-0.05, 0) is 45.3 Å². The normalized spacial score (nSPS) is 13.2. The molecule has 0 unspecified atom stereocenters. The Kier molecular flexibility index (Phi) is 5.29. The molecule has 94 valence electrons. The minimum absolute atomic E-state index is 0.0805. The fourth-order valence-corrected chi connectivity index (χ4v) is 2.22. The lowest BCUT2D eigenvalue weighted by molar-refractivity contribution is 0.245. The van der Waals surface area contributed by atoms with Crippen LogP contribution in [0.25, 0.3) is 0 Å². The average molecular weight is 240 g/mol. The molecule has 16 heavy (non-hydrogen) atoms. The predicted octanol–water partition coefficient (Wildman–Crippen LogP) is 4.45. The third-order valence-electron chi connectivity index (χ3n) is 3.46. The van der Waals surface area contributed by atoms with E-state index in [1.54, 1.807) is 0 Å². The first kappa shape index (κ1) is 15.7. The van der Waals surface area contributed by atoms with Gasteiger partial charge in [0.1, 0.15) is 0 Å². The van der Waals surface area contributed by atoms with Gasteiger partial charge in [-0.2, -0.15) is 0 Å². The summed E-state index contributed by atoms with van der Waals surface area (Å²) in [5.74, 6) is 6.22. The molecule has 0 saturated carbocycles. The Hall–Kier alpha value is -0.263. The van der Waals surface area contributed by atoms with Gasteiger partial charge in [-0.15, -0.1) is 5.92 Å². The minimum Gasteiger partial charge on any atom is -0.417 e. The quantitative estimate of drug-likeness (QED) is 0.521. The standard InChI is InChI=1S/C14H28OSi/c1-9-10-14(5,6)11-12-15-16(7,8)13(2,3)4/h11-12H2,1-8H3. The highest BCUT2D eigenvalue weighted by Gasteiger charge is 2.37. The smallest absolute Gasteiger partial charge is 0.191 e. The zero-order valence-electron chi connectivity index (χ0n) is 12.3. The molecule has 0 fully saturated rings. The Morgan fingerprint density at radius 3 is 1.94 bits per heavy atom. The maximum atomic E-state index is 6.15. The van der Waals surface area contributed by atoms with Gasteiger partial charge in [0.25, 0.3) is 0 Å². The SMILES string of the molecule is CC#CC(C)(C)CCO[Si](C)(C)C(C)(C)C. The van der Waals surface area contributed by atoms with Crippen molar-refractivity contribution in [1.29, 1.82) is 0 Å². The van der Waals surface area contributed by atoms with E-state index in [2.05, 4.69) is 59.6 Å². The van der Waals surface area contributed by atoms with Crippen LogP contribution in [0.2, 0.25) is 18.1 Å². The highest BCUT2D eigenvalue weighted by Crippen LogP contribution is 2.37. The van der Waals surface area contributed by atoms with Gasteiger partial charge in [-0.3, -0.25) is 0 Å². The lowest BCUT2D eigenvalue weighted by Crippen LogP contribution is -2.41. The largest absolute Gasteiger partial charge is 0.417 e. The van der Waals surface area contributed by atoms with E-state index in [0.717, 1.165) is 13.0 Å². The topological polar surface area (TPSA) is 9.23 Å². The van der Waals surface area contributed by atoms with Crippen LogP contribution in [0.5, 0.6) is 0 Å². The fraction of sp³-hybridized carbons (Fsp3) is 0.857. The first-order chi connectivity index (χ1) is 7.02. The zero-order chi connectivity index (χ0) is 13.0. The van der Waals surface area contributed by atoms with Crippen LogP contribution in [0.3, 0.4) is 0 Å². The molecule has 0 atom stereocenters. The molecule has 1 nitrogen and oxygen atoms in total. The van der Waals surface area contributed by atoms with Crippen molar-refractivity contribution in [2.45, 2.75) is 66.1 Å². The van der Waals surface area contributed by atoms with Crippen molar-refractivity contribution in [3.05, 3.63) is 0 Å². The highest BCUT2D eigenvalue weighted by atomic mass is 28.4. The van der Waals surface area contributed by atoms with Crippen LogP contribution >= 0.6 is 0 Å². The third kappa shape index (κ3) is 5.18. The summed E-state index contributed by atoms with van der Waals surface area (Å²) in [6, 6.07) is 0. The summed E-state index contributed by atoms with van der Waals surface area (Å²) >= 11 is 0. The van der Waals surface area contributed by atoms with Crippen molar-refractivity contribution in [2.24, 2.45) is 5.41 Å². The van der Waals surface area contributed by atoms with E-state index in [-0.39, 0.29) is 5.41 Å². The Balaban J connectivity index is 4.22.